The fraction of sp³-hybridized carbons (Fsp3) is 0.355. The first kappa shape index (κ1) is 75.6. The second-order valence-corrected chi connectivity index (χ2v) is 26.0. The summed E-state index contributed by atoms with van der Waals surface area (Å²) in [6.07, 6.45) is 5.06. The summed E-state index contributed by atoms with van der Waals surface area (Å²) in [6, 6.07) is 13.3. The van der Waals surface area contributed by atoms with Gasteiger partial charge in [0, 0.05) is 29.3 Å². The van der Waals surface area contributed by atoms with Gasteiger partial charge in [-0.3, -0.25) is 45.2 Å². The van der Waals surface area contributed by atoms with Crippen molar-refractivity contribution < 1.29 is 101 Å². The number of amides is 4. The van der Waals surface area contributed by atoms with Gasteiger partial charge in [0.25, 0.3) is 23.6 Å². The predicted octanol–water partition coefficient (Wildman–Crippen LogP) is 11.1. The first-order valence-electron chi connectivity index (χ1n) is 28.6. The molecule has 4 heterocycles. The van der Waals surface area contributed by atoms with Crippen LogP contribution in [-0.4, -0.2) is 143 Å². The maximum absolute atomic E-state index is 13.1. The number of carbonyl (C=O) groups excluding carboxylic acids is 7. The minimum Gasteiger partial charge on any atom is -0.491 e. The van der Waals surface area contributed by atoms with Gasteiger partial charge in [0.2, 0.25) is 0 Å². The number of ether oxygens (including phenoxy) is 8. The summed E-state index contributed by atoms with van der Waals surface area (Å²) in [6.45, 7) is 24.0. The van der Waals surface area contributed by atoms with Crippen molar-refractivity contribution in [2.45, 2.75) is 132 Å². The minimum atomic E-state index is -1.45. The lowest BCUT2D eigenvalue weighted by atomic mass is 10.1. The van der Waals surface area contributed by atoms with Crippen LogP contribution in [0.25, 0.3) is 0 Å². The lowest BCUT2D eigenvalue weighted by Gasteiger charge is -2.25. The van der Waals surface area contributed by atoms with E-state index in [4.69, 9.17) is 53.2 Å². The third kappa shape index (κ3) is 23.7. The number of aldehydes is 1. The van der Waals surface area contributed by atoms with Gasteiger partial charge in [-0.05, 0) is 133 Å². The Balaban J connectivity index is 0.000000274. The van der Waals surface area contributed by atoms with Gasteiger partial charge in [0.15, 0.2) is 43.6 Å². The van der Waals surface area contributed by atoms with Crippen LogP contribution < -0.4 is 49.7 Å². The standard InChI is InChI=1S/C26H30N4O8S2.C22H22N4O8S2.C14H18O5/c1-7-35-21(32)18-12-27-24(39-18)29-20(31)15-9-16(37-14(3)4)11-17(10-15)38-26(5,6)23(34)30-25-28-13-19(40-25)22(33)36-8-2;1-10(2)33-12-5-11(16(27)25-20-23-8-14(35-20)17(28)29)6-13(7-12)34-22(3,4)19(32)26-21-24-9-15(36-21)18(30)31;1-9(2)18-11-5-10(13(16)17)6-12(7-11)19-14(3,4)8-15/h9-14H,7-8H2,1-6H3,(H,27,29,31)(H,28,30,34);5-10H,1-4H3,(H,28,29)(H,30,31)(H,23,25,27)(H,24,26,32);5-9H,1-4H3,(H,16,17). The molecule has 0 saturated carbocycles. The summed E-state index contributed by atoms with van der Waals surface area (Å²) < 4.78 is 44.2. The van der Waals surface area contributed by atoms with Crippen LogP contribution in [0.5, 0.6) is 34.5 Å². The highest BCUT2D eigenvalue weighted by Crippen LogP contribution is 2.33. The van der Waals surface area contributed by atoms with Gasteiger partial charge in [-0.2, -0.15) is 0 Å². The summed E-state index contributed by atoms with van der Waals surface area (Å²) in [5.41, 5.74) is -3.54. The molecule has 0 spiro atoms. The average molecular weight is 1390 g/mol. The predicted molar refractivity (Wildman–Crippen MR) is 351 cm³/mol. The van der Waals surface area contributed by atoms with Crippen LogP contribution in [0.4, 0.5) is 20.5 Å². The second-order valence-electron chi connectivity index (χ2n) is 21.9. The minimum absolute atomic E-state index is 0.0327. The number of thiazole rings is 4. The zero-order valence-electron chi connectivity index (χ0n) is 53.8. The summed E-state index contributed by atoms with van der Waals surface area (Å²) in [5, 5.41) is 38.0. The first-order valence-corrected chi connectivity index (χ1v) is 31.9. The van der Waals surface area contributed by atoms with Crippen LogP contribution in [-0.2, 0) is 23.9 Å². The van der Waals surface area contributed by atoms with Crippen molar-refractivity contribution in [3.8, 4) is 34.5 Å². The Kier molecular flexibility index (Phi) is 26.8. The number of nitrogens with zero attached hydrogens (tertiary/aromatic N) is 4. The number of rotatable bonds is 28. The van der Waals surface area contributed by atoms with Crippen LogP contribution in [0.2, 0.25) is 0 Å². The van der Waals surface area contributed by atoms with Crippen molar-refractivity contribution in [2.75, 3.05) is 34.5 Å². The number of aromatic nitrogens is 4. The molecule has 3 aromatic carbocycles. The Bertz CT molecular complexity index is 3920. The molecule has 0 aliphatic heterocycles. The van der Waals surface area contributed by atoms with E-state index in [1.54, 1.807) is 67.5 Å². The molecule has 7 rings (SSSR count). The molecule has 7 N–H and O–H groups in total. The Morgan fingerprint density at radius 2 is 0.726 bits per heavy atom. The van der Waals surface area contributed by atoms with Gasteiger partial charge < -0.3 is 53.2 Å². The Labute approximate surface area is 560 Å². The first-order chi connectivity index (χ1) is 44.5. The largest absolute Gasteiger partial charge is 0.491 e. The van der Waals surface area contributed by atoms with Crippen molar-refractivity contribution >= 4 is 126 Å². The lowest BCUT2D eigenvalue weighted by molar-refractivity contribution is -0.129. The van der Waals surface area contributed by atoms with E-state index in [-0.39, 0.29) is 105 Å². The Morgan fingerprint density at radius 3 is 1.03 bits per heavy atom. The normalized spacial score (nSPS) is 11.1. The highest BCUT2D eigenvalue weighted by Gasteiger charge is 2.34. The van der Waals surface area contributed by atoms with E-state index in [9.17, 15) is 47.9 Å². The summed E-state index contributed by atoms with van der Waals surface area (Å²) in [4.78, 5) is 136. The number of carboxylic acids is 3. The number of anilines is 4. The molecule has 0 atom stereocenters. The zero-order chi connectivity index (χ0) is 70.7. The Hall–Kier alpha value is -10.1. The molecule has 0 aliphatic carbocycles. The van der Waals surface area contributed by atoms with E-state index in [2.05, 4.69) is 41.2 Å². The third-order valence-electron chi connectivity index (χ3n) is 11.3. The van der Waals surface area contributed by atoms with Crippen molar-refractivity contribution in [1.82, 2.24) is 19.9 Å². The van der Waals surface area contributed by atoms with Crippen molar-refractivity contribution in [2.24, 2.45) is 0 Å². The van der Waals surface area contributed by atoms with Gasteiger partial charge in [-0.15, -0.1) is 0 Å². The molecule has 0 radical (unpaired) electrons. The molecule has 0 fully saturated rings. The van der Waals surface area contributed by atoms with Crippen molar-refractivity contribution in [1.29, 1.82) is 0 Å². The molecule has 0 aliphatic rings. The van der Waals surface area contributed by atoms with Gasteiger partial charge in [0.05, 0.1) is 61.9 Å². The number of nitrogens with one attached hydrogen (secondary N) is 4. The molecule has 95 heavy (non-hydrogen) atoms. The summed E-state index contributed by atoms with van der Waals surface area (Å²) >= 11 is 3.55. The van der Waals surface area contributed by atoms with E-state index in [1.165, 1.54) is 68.7 Å². The van der Waals surface area contributed by atoms with E-state index >= 15 is 0 Å². The summed E-state index contributed by atoms with van der Waals surface area (Å²) in [5.74, 6) is -5.03. The molecule has 508 valence electrons. The maximum Gasteiger partial charge on any atom is 0.350 e. The van der Waals surface area contributed by atoms with E-state index < -0.39 is 70.3 Å². The van der Waals surface area contributed by atoms with Crippen LogP contribution in [0.1, 0.15) is 167 Å². The molecular weight excluding hydrogens is 1320 g/mol. The van der Waals surface area contributed by atoms with Crippen LogP contribution in [0.15, 0.2) is 79.4 Å². The van der Waals surface area contributed by atoms with Crippen LogP contribution in [0, 0.1) is 0 Å². The molecule has 29 nitrogen and oxygen atoms in total. The molecule has 0 unspecified atom stereocenters. The molecule has 33 heteroatoms. The number of hydrogen-bond acceptors (Lipinski definition) is 26. The highest BCUT2D eigenvalue weighted by molar-refractivity contribution is 7.18. The maximum atomic E-state index is 13.1. The monoisotopic (exact) mass is 1390 g/mol. The molecular formula is C62H70N8O21S4. The number of aromatic carboxylic acids is 3. The molecule has 4 aromatic heterocycles. The SMILES string of the molecule is CC(C)Oc1cc(OC(C)(C)C(=O)Nc2ncc(C(=O)O)s2)cc(C(=O)Nc2ncc(C(=O)O)s2)c1.CC(C)Oc1cc(OC(C)(C)C=O)cc(C(=O)O)c1.CCOC(=O)c1cnc(NC(=O)c2cc(OC(C)C)cc(OC(C)(C)C(=O)Nc3ncc(C(=O)OCC)s3)c2)s1. The van der Waals surface area contributed by atoms with Gasteiger partial charge in [-0.1, -0.05) is 45.3 Å². The fourth-order valence-corrected chi connectivity index (χ4v) is 9.97. The number of carbonyl (C=O) groups is 10. The summed E-state index contributed by atoms with van der Waals surface area (Å²) in [7, 11) is 0. The van der Waals surface area contributed by atoms with Crippen LogP contribution in [0.3, 0.4) is 0 Å². The topological polar surface area (TPSA) is 405 Å². The average Bonchev–Trinajstić information content (AvgIpc) is 1.60. The molecule has 0 saturated heterocycles. The number of carboxylic acid groups (broad SMARTS) is 3. The Morgan fingerprint density at radius 1 is 0.432 bits per heavy atom. The number of benzene rings is 3. The van der Waals surface area contributed by atoms with Crippen molar-refractivity contribution in [3.05, 3.63) is 116 Å². The number of hydrogen-bond donors (Lipinski definition) is 7. The van der Waals surface area contributed by atoms with E-state index in [1.807, 2.05) is 27.7 Å². The van der Waals surface area contributed by atoms with Crippen molar-refractivity contribution in [3.63, 3.8) is 0 Å². The van der Waals surface area contributed by atoms with E-state index in [0.717, 1.165) is 57.7 Å². The smallest absolute Gasteiger partial charge is 0.350 e. The highest BCUT2D eigenvalue weighted by atomic mass is 32.1. The van der Waals surface area contributed by atoms with Gasteiger partial charge >= 0.3 is 29.8 Å². The van der Waals surface area contributed by atoms with Gasteiger partial charge in [-0.25, -0.2) is 43.9 Å². The van der Waals surface area contributed by atoms with Crippen LogP contribution >= 0.6 is 45.3 Å². The second kappa shape index (κ2) is 33.6. The molecule has 4 amide bonds. The van der Waals surface area contributed by atoms with Gasteiger partial charge in [0.1, 0.15) is 54.0 Å². The number of esters is 2. The quantitative estimate of drug-likeness (QED) is 0.0177. The molecule has 0 bridgehead atoms. The fourth-order valence-electron chi connectivity index (χ4n) is 7.26. The molecule has 7 aromatic rings. The third-order valence-corrected chi connectivity index (χ3v) is 14.9. The zero-order valence-corrected chi connectivity index (χ0v) is 57.1. The lowest BCUT2D eigenvalue weighted by Crippen LogP contribution is -2.42. The van der Waals surface area contributed by atoms with E-state index in [0.29, 0.717) is 23.5 Å².